The molecule has 0 bridgehead atoms. The van der Waals surface area contributed by atoms with Crippen molar-refractivity contribution in [3.05, 3.63) is 77.4 Å². The van der Waals surface area contributed by atoms with Gasteiger partial charge in [-0.25, -0.2) is 0 Å². The predicted octanol–water partition coefficient (Wildman–Crippen LogP) is 5.59. The van der Waals surface area contributed by atoms with Gasteiger partial charge in [0, 0.05) is 23.3 Å². The summed E-state index contributed by atoms with van der Waals surface area (Å²) < 4.78 is 2.31. The maximum atomic E-state index is 2.32. The van der Waals surface area contributed by atoms with E-state index in [0.29, 0.717) is 5.92 Å². The highest BCUT2D eigenvalue weighted by atomic mass is 14.9. The Morgan fingerprint density at radius 3 is 1.92 bits per heavy atom. The van der Waals surface area contributed by atoms with E-state index in [1.807, 2.05) is 0 Å². The maximum Gasteiger partial charge on any atom is 0.213 e. The summed E-state index contributed by atoms with van der Waals surface area (Å²) in [5, 5.41) is 0. The van der Waals surface area contributed by atoms with Crippen molar-refractivity contribution in [1.82, 2.24) is 0 Å². The van der Waals surface area contributed by atoms with Crippen LogP contribution in [0, 0.1) is 13.8 Å². The number of hydrogen-bond donors (Lipinski definition) is 0. The molecule has 1 heteroatoms. The minimum absolute atomic E-state index is 0.560. The molecule has 2 aromatic carbocycles. The molecule has 1 heterocycles. The number of aryl methyl sites for hydroxylation is 2. The summed E-state index contributed by atoms with van der Waals surface area (Å²) in [6.07, 6.45) is 0. The van der Waals surface area contributed by atoms with E-state index in [9.17, 15) is 0 Å². The number of aromatic nitrogens is 1. The van der Waals surface area contributed by atoms with Gasteiger partial charge in [0.1, 0.15) is 7.05 Å². The van der Waals surface area contributed by atoms with Crippen LogP contribution in [0.2, 0.25) is 0 Å². The summed E-state index contributed by atoms with van der Waals surface area (Å²) >= 11 is 0. The highest BCUT2D eigenvalue weighted by Gasteiger charge is 2.18. The third kappa shape index (κ3) is 2.99. The normalized spacial score (nSPS) is 11.1. The molecule has 0 N–H and O–H groups in total. The number of nitrogens with zero attached hydrogens (tertiary/aromatic N) is 1. The molecule has 0 amide bonds. The van der Waals surface area contributed by atoms with Gasteiger partial charge in [0.05, 0.1) is 0 Å². The van der Waals surface area contributed by atoms with Crippen LogP contribution in [0.25, 0.3) is 22.5 Å². The van der Waals surface area contributed by atoms with Gasteiger partial charge >= 0.3 is 0 Å². The van der Waals surface area contributed by atoms with Crippen molar-refractivity contribution in [3.8, 4) is 22.5 Å². The number of hydrogen-bond acceptors (Lipinski definition) is 0. The largest absolute Gasteiger partial charge is 0.213 e. The Kier molecular flexibility index (Phi) is 4.53. The van der Waals surface area contributed by atoms with E-state index >= 15 is 0 Å². The molecule has 0 saturated heterocycles. The van der Waals surface area contributed by atoms with Gasteiger partial charge in [-0.3, -0.25) is 0 Å². The molecule has 1 aromatic heterocycles. The third-order valence-electron chi connectivity index (χ3n) is 4.85. The number of benzene rings is 2. The average molecular weight is 316 g/mol. The Bertz CT molecular complexity index is 875. The van der Waals surface area contributed by atoms with Crippen molar-refractivity contribution in [2.75, 3.05) is 0 Å². The summed E-state index contributed by atoms with van der Waals surface area (Å²) in [5.74, 6) is 0.560. The highest BCUT2D eigenvalue weighted by Crippen LogP contribution is 2.27. The average Bonchev–Trinajstić information content (AvgIpc) is 2.56. The molecular weight excluding hydrogens is 290 g/mol. The molecular formula is C23H26N+. The van der Waals surface area contributed by atoms with Gasteiger partial charge < -0.3 is 0 Å². The molecule has 24 heavy (non-hydrogen) atoms. The van der Waals surface area contributed by atoms with E-state index in [4.69, 9.17) is 0 Å². The van der Waals surface area contributed by atoms with Gasteiger partial charge in [-0.05, 0) is 54.7 Å². The highest BCUT2D eigenvalue weighted by molar-refractivity contribution is 5.66. The van der Waals surface area contributed by atoms with Gasteiger partial charge in [0.15, 0.2) is 0 Å². The minimum Gasteiger partial charge on any atom is -0.194 e. The first-order valence-electron chi connectivity index (χ1n) is 8.65. The van der Waals surface area contributed by atoms with Crippen LogP contribution in [0.3, 0.4) is 0 Å². The first-order chi connectivity index (χ1) is 11.5. The smallest absolute Gasteiger partial charge is 0.194 e. The van der Waals surface area contributed by atoms with Crippen molar-refractivity contribution in [3.63, 3.8) is 0 Å². The molecule has 0 radical (unpaired) electrons. The van der Waals surface area contributed by atoms with Crippen LogP contribution >= 0.6 is 0 Å². The monoisotopic (exact) mass is 316 g/mol. The lowest BCUT2D eigenvalue weighted by Crippen LogP contribution is -2.34. The Morgan fingerprint density at radius 1 is 0.708 bits per heavy atom. The van der Waals surface area contributed by atoms with Gasteiger partial charge in [0.2, 0.25) is 11.4 Å². The quantitative estimate of drug-likeness (QED) is 0.555. The lowest BCUT2D eigenvalue weighted by molar-refractivity contribution is -0.649. The zero-order valence-electron chi connectivity index (χ0n) is 15.3. The van der Waals surface area contributed by atoms with E-state index in [1.54, 1.807) is 0 Å². The second kappa shape index (κ2) is 6.60. The molecule has 122 valence electrons. The van der Waals surface area contributed by atoms with Crippen molar-refractivity contribution in [2.45, 2.75) is 33.6 Å². The molecule has 0 saturated carbocycles. The van der Waals surface area contributed by atoms with Gasteiger partial charge in [-0.1, -0.05) is 44.2 Å². The maximum absolute atomic E-state index is 2.32. The van der Waals surface area contributed by atoms with Crippen LogP contribution in [-0.4, -0.2) is 0 Å². The Balaban J connectivity index is 2.14. The number of pyridine rings is 1. The summed E-state index contributed by atoms with van der Waals surface area (Å²) in [6.45, 7) is 8.87. The summed E-state index contributed by atoms with van der Waals surface area (Å²) in [7, 11) is 2.16. The predicted molar refractivity (Wildman–Crippen MR) is 102 cm³/mol. The topological polar surface area (TPSA) is 3.88 Å². The fourth-order valence-electron chi connectivity index (χ4n) is 3.32. The standard InChI is InChI=1S/C23H26N/c1-16(2)19-13-14-21(18(4)15-19)23-12-8-11-22(24(23)5)20-10-7-6-9-17(20)3/h6-16H,1-5H3/q+1. The van der Waals surface area contributed by atoms with Crippen molar-refractivity contribution in [1.29, 1.82) is 0 Å². The van der Waals surface area contributed by atoms with Crippen LogP contribution in [-0.2, 0) is 7.05 Å². The Morgan fingerprint density at radius 2 is 1.33 bits per heavy atom. The lowest BCUT2D eigenvalue weighted by Gasteiger charge is -2.12. The van der Waals surface area contributed by atoms with Crippen molar-refractivity contribution >= 4 is 0 Å². The molecule has 0 aliphatic carbocycles. The van der Waals surface area contributed by atoms with E-state index < -0.39 is 0 Å². The van der Waals surface area contributed by atoms with Crippen LogP contribution in [0.4, 0.5) is 0 Å². The van der Waals surface area contributed by atoms with Crippen molar-refractivity contribution in [2.24, 2.45) is 7.05 Å². The fraction of sp³-hybridized carbons (Fsp3) is 0.261. The second-order valence-corrected chi connectivity index (χ2v) is 6.90. The van der Waals surface area contributed by atoms with Crippen LogP contribution in [0.1, 0.15) is 36.5 Å². The SMILES string of the molecule is Cc1ccccc1-c1cccc(-c2ccc(C(C)C)cc2C)[n+]1C. The van der Waals surface area contributed by atoms with Crippen molar-refractivity contribution < 1.29 is 4.57 Å². The van der Waals surface area contributed by atoms with Gasteiger partial charge in [-0.2, -0.15) is 4.57 Å². The Hall–Kier alpha value is -2.41. The van der Waals surface area contributed by atoms with Gasteiger partial charge in [-0.15, -0.1) is 0 Å². The molecule has 0 spiro atoms. The van der Waals surface area contributed by atoms with Crippen LogP contribution in [0.5, 0.6) is 0 Å². The van der Waals surface area contributed by atoms with E-state index in [2.05, 4.69) is 100.0 Å². The molecule has 1 nitrogen and oxygen atoms in total. The first-order valence-corrected chi connectivity index (χ1v) is 8.65. The summed E-state index contributed by atoms with van der Waals surface area (Å²) in [6, 6.07) is 22.0. The third-order valence-corrected chi connectivity index (χ3v) is 4.85. The molecule has 0 unspecified atom stereocenters. The van der Waals surface area contributed by atoms with Crippen LogP contribution < -0.4 is 4.57 Å². The molecule has 3 aromatic rings. The summed E-state index contributed by atoms with van der Waals surface area (Å²) in [5.41, 5.74) is 9.13. The molecule has 0 aliphatic rings. The molecule has 0 fully saturated rings. The fourth-order valence-corrected chi connectivity index (χ4v) is 3.32. The molecule has 3 rings (SSSR count). The lowest BCUT2D eigenvalue weighted by atomic mass is 9.96. The number of rotatable bonds is 3. The van der Waals surface area contributed by atoms with Crippen LogP contribution in [0.15, 0.2) is 60.7 Å². The van der Waals surface area contributed by atoms with E-state index in [-0.39, 0.29) is 0 Å². The van der Waals surface area contributed by atoms with E-state index in [0.717, 1.165) is 0 Å². The second-order valence-electron chi connectivity index (χ2n) is 6.90. The molecule has 0 atom stereocenters. The minimum atomic E-state index is 0.560. The van der Waals surface area contributed by atoms with Gasteiger partial charge in [0.25, 0.3) is 0 Å². The first kappa shape index (κ1) is 16.4. The Labute approximate surface area is 145 Å². The summed E-state index contributed by atoms with van der Waals surface area (Å²) in [4.78, 5) is 0. The zero-order chi connectivity index (χ0) is 17.3. The van der Waals surface area contributed by atoms with E-state index in [1.165, 1.54) is 39.2 Å². The molecule has 0 aliphatic heterocycles. The zero-order valence-corrected chi connectivity index (χ0v) is 15.3.